The van der Waals surface area contributed by atoms with Crippen molar-refractivity contribution in [1.82, 2.24) is 9.88 Å². The van der Waals surface area contributed by atoms with Crippen LogP contribution in [0.2, 0.25) is 0 Å². The summed E-state index contributed by atoms with van der Waals surface area (Å²) >= 11 is 0. The lowest BCUT2D eigenvalue weighted by molar-refractivity contribution is -0.125. The van der Waals surface area contributed by atoms with Gasteiger partial charge in [0.15, 0.2) is 0 Å². The topological polar surface area (TPSA) is 62.3 Å². The lowest BCUT2D eigenvalue weighted by Crippen LogP contribution is -2.33. The van der Waals surface area contributed by atoms with Gasteiger partial charge in [0.25, 0.3) is 0 Å². The van der Waals surface area contributed by atoms with E-state index in [9.17, 15) is 9.59 Å². The van der Waals surface area contributed by atoms with Gasteiger partial charge in [-0.15, -0.1) is 0 Å². The van der Waals surface area contributed by atoms with E-state index >= 15 is 0 Å². The second-order valence-corrected chi connectivity index (χ2v) is 7.04. The fourth-order valence-electron chi connectivity index (χ4n) is 3.30. The number of hydrogen-bond acceptors (Lipinski definition) is 3. The number of amides is 2. The van der Waals surface area contributed by atoms with Gasteiger partial charge in [-0.1, -0.05) is 36.1 Å². The molecule has 2 amide bonds. The highest BCUT2D eigenvalue weighted by atomic mass is 16.2. The lowest BCUT2D eigenvalue weighted by atomic mass is 10.0. The minimum atomic E-state index is -0.0256. The molecule has 1 aromatic carbocycles. The summed E-state index contributed by atoms with van der Waals surface area (Å²) in [6, 6.07) is 11.9. The Labute approximate surface area is 170 Å². The first-order valence-electron chi connectivity index (χ1n) is 9.69. The predicted octanol–water partition coefficient (Wildman–Crippen LogP) is 3.19. The highest BCUT2D eigenvalue weighted by Crippen LogP contribution is 2.21. The first-order valence-corrected chi connectivity index (χ1v) is 9.69. The molecule has 0 aliphatic carbocycles. The summed E-state index contributed by atoms with van der Waals surface area (Å²) in [5.41, 5.74) is 3.92. The number of anilines is 1. The quantitative estimate of drug-likeness (QED) is 0.640. The van der Waals surface area contributed by atoms with Crippen molar-refractivity contribution in [1.29, 1.82) is 0 Å². The monoisotopic (exact) mass is 383 g/mol. The Hall–Kier alpha value is -3.65. The van der Waals surface area contributed by atoms with Crippen molar-refractivity contribution in [3.05, 3.63) is 77.0 Å². The molecule has 144 valence electrons. The van der Waals surface area contributed by atoms with Crippen LogP contribution in [-0.2, 0) is 16.0 Å². The van der Waals surface area contributed by atoms with E-state index in [1.54, 1.807) is 23.2 Å². The molecule has 0 saturated carbocycles. The van der Waals surface area contributed by atoms with Crippen molar-refractivity contribution in [3.8, 4) is 11.8 Å². The van der Waals surface area contributed by atoms with Crippen molar-refractivity contribution in [3.63, 3.8) is 0 Å². The van der Waals surface area contributed by atoms with Crippen molar-refractivity contribution in [2.45, 2.75) is 19.3 Å². The second kappa shape index (κ2) is 8.57. The Morgan fingerprint density at radius 3 is 2.79 bits per heavy atom. The Morgan fingerprint density at radius 2 is 2.00 bits per heavy atom. The molecule has 29 heavy (non-hydrogen) atoms. The molecule has 5 nitrogen and oxygen atoms in total. The molecule has 2 aliphatic rings. The molecule has 0 saturated heterocycles. The maximum absolute atomic E-state index is 12.5. The maximum atomic E-state index is 12.5. The van der Waals surface area contributed by atoms with Gasteiger partial charge in [-0.3, -0.25) is 9.59 Å². The van der Waals surface area contributed by atoms with Gasteiger partial charge < -0.3 is 10.2 Å². The first kappa shape index (κ1) is 18.7. The number of nitrogens with zero attached hydrogens (tertiary/aromatic N) is 2. The van der Waals surface area contributed by atoms with Crippen LogP contribution in [0, 0.1) is 11.8 Å². The average molecular weight is 383 g/mol. The number of aryl methyl sites for hydroxylation is 1. The largest absolute Gasteiger partial charge is 0.335 e. The van der Waals surface area contributed by atoms with Crippen molar-refractivity contribution >= 4 is 23.7 Å². The number of aromatic nitrogens is 1. The molecule has 0 radical (unpaired) electrons. The number of benzene rings is 1. The summed E-state index contributed by atoms with van der Waals surface area (Å²) in [4.78, 5) is 30.0. The minimum Gasteiger partial charge on any atom is -0.335 e. The Kier molecular flexibility index (Phi) is 5.53. The molecule has 0 fully saturated rings. The van der Waals surface area contributed by atoms with Crippen LogP contribution in [0.15, 0.2) is 60.3 Å². The van der Waals surface area contributed by atoms with Crippen LogP contribution in [-0.4, -0.2) is 34.8 Å². The van der Waals surface area contributed by atoms with Gasteiger partial charge in [-0.25, -0.2) is 4.98 Å². The van der Waals surface area contributed by atoms with Gasteiger partial charge in [0.2, 0.25) is 11.8 Å². The average Bonchev–Trinajstić information content (AvgIpc) is 2.77. The van der Waals surface area contributed by atoms with E-state index < -0.39 is 0 Å². The molecule has 0 spiro atoms. The van der Waals surface area contributed by atoms with E-state index in [1.165, 1.54) is 0 Å². The number of pyridine rings is 1. The molecule has 5 heteroatoms. The van der Waals surface area contributed by atoms with Gasteiger partial charge in [-0.2, -0.15) is 0 Å². The standard InChI is InChI=1S/C24H21N3O2/c28-22-10-9-21-16-20(17-25-24(21)26-22)8-11-23(29)27-14-12-19(13-15-27)7-6-18-4-2-1-3-5-18/h1-5,8,11-12,16-17H,9-10,13-15H2,(H,25,26,28)/b11-8+. The van der Waals surface area contributed by atoms with Crippen LogP contribution in [0.4, 0.5) is 5.82 Å². The molecular weight excluding hydrogens is 362 g/mol. The Balaban J connectivity index is 1.36. The summed E-state index contributed by atoms with van der Waals surface area (Å²) in [6.07, 6.45) is 8.96. The van der Waals surface area contributed by atoms with E-state index in [2.05, 4.69) is 22.1 Å². The zero-order valence-electron chi connectivity index (χ0n) is 16.0. The van der Waals surface area contributed by atoms with Crippen LogP contribution in [0.1, 0.15) is 29.5 Å². The molecule has 3 heterocycles. The van der Waals surface area contributed by atoms with Crippen LogP contribution >= 0.6 is 0 Å². The molecular formula is C24H21N3O2. The van der Waals surface area contributed by atoms with E-state index in [-0.39, 0.29) is 11.8 Å². The van der Waals surface area contributed by atoms with Gasteiger partial charge >= 0.3 is 0 Å². The summed E-state index contributed by atoms with van der Waals surface area (Å²) in [6.45, 7) is 1.23. The van der Waals surface area contributed by atoms with Crippen molar-refractivity contribution in [2.75, 3.05) is 18.4 Å². The van der Waals surface area contributed by atoms with Crippen molar-refractivity contribution < 1.29 is 9.59 Å². The zero-order chi connectivity index (χ0) is 20.1. The number of nitrogens with one attached hydrogen (secondary N) is 1. The van der Waals surface area contributed by atoms with Crippen LogP contribution in [0.3, 0.4) is 0 Å². The van der Waals surface area contributed by atoms with Crippen molar-refractivity contribution in [2.24, 2.45) is 0 Å². The number of hydrogen-bond donors (Lipinski definition) is 1. The second-order valence-electron chi connectivity index (χ2n) is 7.04. The third-order valence-electron chi connectivity index (χ3n) is 4.95. The SMILES string of the molecule is O=C1CCc2cc(/C=C/C(=O)N3CC=C(C#Cc4ccccc4)CC3)cnc2N1. The number of fused-ring (bicyclic) bond motifs is 1. The molecule has 2 aromatic rings. The molecule has 0 bridgehead atoms. The number of rotatable bonds is 2. The maximum Gasteiger partial charge on any atom is 0.246 e. The van der Waals surface area contributed by atoms with E-state index in [0.29, 0.717) is 31.7 Å². The molecule has 0 atom stereocenters. The van der Waals surface area contributed by atoms with E-state index in [0.717, 1.165) is 28.7 Å². The van der Waals surface area contributed by atoms with Gasteiger partial charge in [0, 0.05) is 42.9 Å². The zero-order valence-corrected chi connectivity index (χ0v) is 16.0. The minimum absolute atomic E-state index is 0.00514. The fraction of sp³-hybridized carbons (Fsp3) is 0.208. The van der Waals surface area contributed by atoms with Crippen LogP contribution < -0.4 is 5.32 Å². The molecule has 0 unspecified atom stereocenters. The van der Waals surface area contributed by atoms with E-state index in [1.807, 2.05) is 42.5 Å². The Morgan fingerprint density at radius 1 is 1.14 bits per heavy atom. The lowest BCUT2D eigenvalue weighted by Gasteiger charge is -2.23. The van der Waals surface area contributed by atoms with Gasteiger partial charge in [-0.05, 0) is 48.2 Å². The molecule has 4 rings (SSSR count). The fourth-order valence-corrected chi connectivity index (χ4v) is 3.30. The normalized spacial score (nSPS) is 15.8. The third-order valence-corrected chi connectivity index (χ3v) is 4.95. The van der Waals surface area contributed by atoms with Crippen LogP contribution in [0.25, 0.3) is 6.08 Å². The number of carbonyl (C=O) groups is 2. The predicted molar refractivity (Wildman–Crippen MR) is 113 cm³/mol. The van der Waals surface area contributed by atoms with Gasteiger partial charge in [0.1, 0.15) is 5.82 Å². The highest BCUT2D eigenvalue weighted by molar-refractivity contribution is 5.94. The molecule has 1 aromatic heterocycles. The third kappa shape index (κ3) is 4.80. The summed E-state index contributed by atoms with van der Waals surface area (Å²) < 4.78 is 0. The van der Waals surface area contributed by atoms with Gasteiger partial charge in [0.05, 0.1) is 0 Å². The molecule has 2 aliphatic heterocycles. The summed E-state index contributed by atoms with van der Waals surface area (Å²) in [5, 5.41) is 2.76. The number of carbonyl (C=O) groups excluding carboxylic acids is 2. The summed E-state index contributed by atoms with van der Waals surface area (Å²) in [7, 11) is 0. The Bertz CT molecular complexity index is 1060. The highest BCUT2D eigenvalue weighted by Gasteiger charge is 2.16. The van der Waals surface area contributed by atoms with E-state index in [4.69, 9.17) is 0 Å². The van der Waals surface area contributed by atoms with Crippen LogP contribution in [0.5, 0.6) is 0 Å². The smallest absolute Gasteiger partial charge is 0.246 e. The molecule has 1 N–H and O–H groups in total. The summed E-state index contributed by atoms with van der Waals surface area (Å²) in [5.74, 6) is 6.96. The first-order chi connectivity index (χ1) is 14.2.